The molecule has 0 aliphatic heterocycles. The topological polar surface area (TPSA) is 51.5 Å². The molecule has 2 aromatic carbocycles. The third-order valence-electron chi connectivity index (χ3n) is 4.72. The molecule has 1 heterocycles. The van der Waals surface area contributed by atoms with Gasteiger partial charge in [-0.15, -0.1) is 0 Å². The average Bonchev–Trinajstić information content (AvgIpc) is 2.62. The molecule has 0 amide bonds. The first kappa shape index (κ1) is 17.2. The lowest BCUT2D eigenvalue weighted by atomic mass is 10.0. The predicted molar refractivity (Wildman–Crippen MR) is 100 cm³/mol. The fourth-order valence-corrected chi connectivity index (χ4v) is 3.07. The van der Waals surface area contributed by atoms with E-state index in [0.29, 0.717) is 12.1 Å². The highest BCUT2D eigenvalue weighted by atomic mass is 16.5. The van der Waals surface area contributed by atoms with Crippen molar-refractivity contribution in [2.24, 2.45) is 0 Å². The van der Waals surface area contributed by atoms with Gasteiger partial charge in [0.2, 0.25) is 0 Å². The predicted octanol–water partition coefficient (Wildman–Crippen LogP) is 4.27. The summed E-state index contributed by atoms with van der Waals surface area (Å²) in [6.07, 6.45) is 0. The summed E-state index contributed by atoms with van der Waals surface area (Å²) in [4.78, 5) is 12.0. The summed E-state index contributed by atoms with van der Waals surface area (Å²) in [6.45, 7) is 6.66. The number of benzene rings is 2. The summed E-state index contributed by atoms with van der Waals surface area (Å²) in [7, 11) is 1.67. The number of nitrogens with one attached hydrogen (secondary N) is 1. The lowest BCUT2D eigenvalue weighted by Gasteiger charge is -2.18. The number of aryl methyl sites for hydroxylation is 2. The molecule has 0 radical (unpaired) electrons. The maximum absolute atomic E-state index is 12.0. The van der Waals surface area contributed by atoms with E-state index in [4.69, 9.17) is 9.15 Å². The first-order chi connectivity index (χ1) is 12.0. The first-order valence-electron chi connectivity index (χ1n) is 8.40. The second-order valence-electron chi connectivity index (χ2n) is 6.32. The van der Waals surface area contributed by atoms with Crippen molar-refractivity contribution < 1.29 is 9.15 Å². The lowest BCUT2D eigenvalue weighted by Crippen LogP contribution is -2.19. The van der Waals surface area contributed by atoms with E-state index in [2.05, 4.69) is 18.3 Å². The second kappa shape index (κ2) is 7.11. The third-order valence-corrected chi connectivity index (χ3v) is 4.72. The zero-order valence-electron chi connectivity index (χ0n) is 15.1. The Bertz CT molecular complexity index is 959. The Morgan fingerprint density at radius 2 is 1.92 bits per heavy atom. The van der Waals surface area contributed by atoms with Gasteiger partial charge in [-0.25, -0.2) is 4.79 Å². The molecule has 0 aliphatic rings. The van der Waals surface area contributed by atoms with E-state index in [0.717, 1.165) is 33.4 Å². The van der Waals surface area contributed by atoms with Crippen LogP contribution in [0.5, 0.6) is 5.75 Å². The molecular formula is C21H23NO3. The smallest absolute Gasteiger partial charge is 0.336 e. The molecule has 3 aromatic rings. The maximum atomic E-state index is 12.0. The molecule has 0 saturated heterocycles. The molecule has 130 valence electrons. The van der Waals surface area contributed by atoms with Crippen LogP contribution in [-0.4, -0.2) is 7.11 Å². The average molecular weight is 337 g/mol. The van der Waals surface area contributed by atoms with Gasteiger partial charge in [0, 0.05) is 29.6 Å². The van der Waals surface area contributed by atoms with Gasteiger partial charge in [0.15, 0.2) is 0 Å². The second-order valence-corrected chi connectivity index (χ2v) is 6.32. The normalized spacial score (nSPS) is 12.3. The fourth-order valence-electron chi connectivity index (χ4n) is 3.07. The summed E-state index contributed by atoms with van der Waals surface area (Å²) in [5, 5.41) is 4.46. The summed E-state index contributed by atoms with van der Waals surface area (Å²) >= 11 is 0. The summed E-state index contributed by atoms with van der Waals surface area (Å²) in [5.74, 6) is 0.853. The Hall–Kier alpha value is -2.59. The van der Waals surface area contributed by atoms with Crippen LogP contribution in [0.15, 0.2) is 51.7 Å². The summed E-state index contributed by atoms with van der Waals surface area (Å²) in [5.41, 5.74) is 4.51. The molecule has 0 saturated carbocycles. The number of para-hydroxylation sites is 1. The molecule has 3 rings (SSSR count). The molecule has 1 N–H and O–H groups in total. The highest BCUT2D eigenvalue weighted by Crippen LogP contribution is 2.26. The molecule has 25 heavy (non-hydrogen) atoms. The third kappa shape index (κ3) is 3.44. The van der Waals surface area contributed by atoms with E-state index < -0.39 is 0 Å². The van der Waals surface area contributed by atoms with Crippen molar-refractivity contribution >= 4 is 11.0 Å². The minimum Gasteiger partial charge on any atom is -0.496 e. The Morgan fingerprint density at radius 3 is 2.68 bits per heavy atom. The monoisotopic (exact) mass is 337 g/mol. The standard InChI is InChI=1S/C21H23NO3/c1-13-9-10-18-16(11-20(23)25-21(18)14(13)2)12-22-15(3)17-7-5-6-8-19(17)24-4/h5-11,15,22H,12H2,1-4H3/t15-/m1/s1. The summed E-state index contributed by atoms with van der Waals surface area (Å²) < 4.78 is 10.9. The van der Waals surface area contributed by atoms with Crippen LogP contribution in [0.3, 0.4) is 0 Å². The summed E-state index contributed by atoms with van der Waals surface area (Å²) in [6, 6.07) is 13.7. The number of hydrogen-bond acceptors (Lipinski definition) is 4. The zero-order chi connectivity index (χ0) is 18.0. The molecule has 0 bridgehead atoms. The maximum Gasteiger partial charge on any atom is 0.336 e. The molecule has 0 fully saturated rings. The number of ether oxygens (including phenoxy) is 1. The largest absolute Gasteiger partial charge is 0.496 e. The van der Waals surface area contributed by atoms with Crippen LogP contribution >= 0.6 is 0 Å². The van der Waals surface area contributed by atoms with Crippen LogP contribution < -0.4 is 15.7 Å². The van der Waals surface area contributed by atoms with Crippen LogP contribution in [0, 0.1) is 13.8 Å². The molecule has 0 aliphatic carbocycles. The molecule has 4 heteroatoms. The number of fused-ring (bicyclic) bond motifs is 1. The molecule has 0 spiro atoms. The van der Waals surface area contributed by atoms with Crippen LogP contribution in [0.25, 0.3) is 11.0 Å². The first-order valence-corrected chi connectivity index (χ1v) is 8.40. The minimum atomic E-state index is -0.317. The van der Waals surface area contributed by atoms with Gasteiger partial charge in [0.25, 0.3) is 0 Å². The van der Waals surface area contributed by atoms with Crippen LogP contribution in [0.4, 0.5) is 0 Å². The van der Waals surface area contributed by atoms with Gasteiger partial charge in [-0.1, -0.05) is 30.3 Å². The van der Waals surface area contributed by atoms with Gasteiger partial charge in [0.1, 0.15) is 11.3 Å². The van der Waals surface area contributed by atoms with Gasteiger partial charge < -0.3 is 14.5 Å². The van der Waals surface area contributed by atoms with Crippen LogP contribution in [-0.2, 0) is 6.54 Å². The van der Waals surface area contributed by atoms with E-state index in [1.54, 1.807) is 13.2 Å². The Kier molecular flexibility index (Phi) is 4.91. The minimum absolute atomic E-state index is 0.0880. The van der Waals surface area contributed by atoms with Crippen molar-refractivity contribution in [3.8, 4) is 5.75 Å². The highest BCUT2D eigenvalue weighted by molar-refractivity contribution is 5.83. The number of rotatable bonds is 5. The molecule has 1 atom stereocenters. The quantitative estimate of drug-likeness (QED) is 0.707. The fraction of sp³-hybridized carbons (Fsp3) is 0.286. The van der Waals surface area contributed by atoms with Gasteiger partial charge in [-0.3, -0.25) is 0 Å². The van der Waals surface area contributed by atoms with Crippen molar-refractivity contribution in [1.82, 2.24) is 5.32 Å². The molecule has 4 nitrogen and oxygen atoms in total. The van der Waals surface area contributed by atoms with E-state index in [1.165, 1.54) is 0 Å². The Balaban J connectivity index is 1.91. The van der Waals surface area contributed by atoms with Gasteiger partial charge in [0.05, 0.1) is 7.11 Å². The van der Waals surface area contributed by atoms with E-state index in [1.807, 2.05) is 44.2 Å². The number of hydrogen-bond donors (Lipinski definition) is 1. The Morgan fingerprint density at radius 1 is 1.16 bits per heavy atom. The SMILES string of the molecule is COc1ccccc1[C@@H](C)NCc1cc(=O)oc2c(C)c(C)ccc12. The van der Waals surface area contributed by atoms with Gasteiger partial charge in [-0.2, -0.15) is 0 Å². The van der Waals surface area contributed by atoms with Gasteiger partial charge >= 0.3 is 5.63 Å². The Labute approximate surface area is 147 Å². The van der Waals surface area contributed by atoms with Crippen molar-refractivity contribution in [3.63, 3.8) is 0 Å². The van der Waals surface area contributed by atoms with E-state index >= 15 is 0 Å². The zero-order valence-corrected chi connectivity index (χ0v) is 15.1. The van der Waals surface area contributed by atoms with Crippen molar-refractivity contribution in [1.29, 1.82) is 0 Å². The van der Waals surface area contributed by atoms with Crippen LogP contribution in [0.1, 0.15) is 35.2 Å². The molecule has 0 unspecified atom stereocenters. The molecular weight excluding hydrogens is 314 g/mol. The van der Waals surface area contributed by atoms with E-state index in [-0.39, 0.29) is 11.7 Å². The van der Waals surface area contributed by atoms with Crippen molar-refractivity contribution in [2.45, 2.75) is 33.4 Å². The molecule has 1 aromatic heterocycles. The highest BCUT2D eigenvalue weighted by Gasteiger charge is 2.13. The van der Waals surface area contributed by atoms with Gasteiger partial charge in [-0.05, 0) is 43.5 Å². The van der Waals surface area contributed by atoms with Crippen LogP contribution in [0.2, 0.25) is 0 Å². The number of methoxy groups -OCH3 is 1. The van der Waals surface area contributed by atoms with E-state index in [9.17, 15) is 4.79 Å². The lowest BCUT2D eigenvalue weighted by molar-refractivity contribution is 0.401. The van der Waals surface area contributed by atoms with Crippen molar-refractivity contribution in [2.75, 3.05) is 7.11 Å². The van der Waals surface area contributed by atoms with Crippen molar-refractivity contribution in [3.05, 3.63) is 75.1 Å².